The summed E-state index contributed by atoms with van der Waals surface area (Å²) in [6, 6.07) is 0. The summed E-state index contributed by atoms with van der Waals surface area (Å²) in [7, 11) is -3.07. The molecule has 0 saturated heterocycles. The number of hydrogen-bond acceptors (Lipinski definition) is 5. The van der Waals surface area contributed by atoms with Crippen molar-refractivity contribution in [3.05, 3.63) is 0 Å². The monoisotopic (exact) mass is 261 g/mol. The van der Waals surface area contributed by atoms with E-state index in [1.54, 1.807) is 6.92 Å². The van der Waals surface area contributed by atoms with Crippen LogP contribution < -0.4 is 5.73 Å². The minimum absolute atomic E-state index is 0.0564. The average molecular weight is 261 g/mol. The van der Waals surface area contributed by atoms with Crippen LogP contribution in [0.25, 0.3) is 0 Å². The summed E-state index contributed by atoms with van der Waals surface area (Å²) in [6.07, 6.45) is 2.60. The standard InChI is InChI=1S/C10H19N3O3S/c1-8-9(4-3-5-11)10(14)13(12-8)6-7-17(2,15)16/h9H,3-7,11H2,1-2H3. The summed E-state index contributed by atoms with van der Waals surface area (Å²) in [5, 5.41) is 5.36. The van der Waals surface area contributed by atoms with Gasteiger partial charge in [0.1, 0.15) is 9.84 Å². The Morgan fingerprint density at radius 2 is 2.12 bits per heavy atom. The molecule has 1 unspecified atom stereocenters. The van der Waals surface area contributed by atoms with Crippen LogP contribution in [-0.2, 0) is 14.6 Å². The quantitative estimate of drug-likeness (QED) is 0.704. The van der Waals surface area contributed by atoms with Crippen LogP contribution in [0.5, 0.6) is 0 Å². The third-order valence-electron chi connectivity index (χ3n) is 2.71. The van der Waals surface area contributed by atoms with E-state index >= 15 is 0 Å². The number of nitrogens with zero attached hydrogens (tertiary/aromatic N) is 2. The predicted octanol–water partition coefficient (Wildman–Crippen LogP) is -0.396. The van der Waals surface area contributed by atoms with Crippen LogP contribution in [-0.4, -0.2) is 50.1 Å². The van der Waals surface area contributed by atoms with Gasteiger partial charge in [0.25, 0.3) is 5.91 Å². The molecule has 2 N–H and O–H groups in total. The van der Waals surface area contributed by atoms with Crippen molar-refractivity contribution in [2.75, 3.05) is 25.1 Å². The smallest absolute Gasteiger partial charge is 0.251 e. The lowest BCUT2D eigenvalue weighted by atomic mass is 9.99. The molecule has 6 nitrogen and oxygen atoms in total. The number of nitrogens with two attached hydrogens (primary N) is 1. The molecule has 0 aromatic carbocycles. The Hall–Kier alpha value is -0.950. The summed E-state index contributed by atoms with van der Waals surface area (Å²) in [4.78, 5) is 11.9. The fraction of sp³-hybridized carbons (Fsp3) is 0.800. The minimum Gasteiger partial charge on any atom is -0.330 e. The highest BCUT2D eigenvalue weighted by Crippen LogP contribution is 2.20. The number of hydrazone groups is 1. The predicted molar refractivity (Wildman–Crippen MR) is 66.3 cm³/mol. The van der Waals surface area contributed by atoms with Gasteiger partial charge in [0.05, 0.1) is 18.2 Å². The van der Waals surface area contributed by atoms with E-state index in [-0.39, 0.29) is 24.1 Å². The Morgan fingerprint density at radius 3 is 2.65 bits per heavy atom. The van der Waals surface area contributed by atoms with E-state index in [4.69, 9.17) is 5.73 Å². The van der Waals surface area contributed by atoms with Crippen molar-refractivity contribution < 1.29 is 13.2 Å². The van der Waals surface area contributed by atoms with Gasteiger partial charge in [0.2, 0.25) is 0 Å². The highest BCUT2D eigenvalue weighted by Gasteiger charge is 2.32. The van der Waals surface area contributed by atoms with Gasteiger partial charge in [-0.25, -0.2) is 13.4 Å². The lowest BCUT2D eigenvalue weighted by molar-refractivity contribution is -0.131. The molecule has 7 heteroatoms. The van der Waals surface area contributed by atoms with Gasteiger partial charge >= 0.3 is 0 Å². The molecule has 1 atom stereocenters. The number of rotatable bonds is 6. The van der Waals surface area contributed by atoms with E-state index in [9.17, 15) is 13.2 Å². The summed E-state index contributed by atoms with van der Waals surface area (Å²) in [5.74, 6) is -0.392. The molecule has 0 aromatic heterocycles. The van der Waals surface area contributed by atoms with Crippen molar-refractivity contribution in [2.45, 2.75) is 19.8 Å². The normalized spacial score (nSPS) is 20.9. The van der Waals surface area contributed by atoms with Gasteiger partial charge in [0.15, 0.2) is 0 Å². The maximum Gasteiger partial charge on any atom is 0.251 e. The van der Waals surface area contributed by atoms with E-state index in [1.165, 1.54) is 5.01 Å². The first kappa shape index (κ1) is 14.1. The SMILES string of the molecule is CC1=NN(CCS(C)(=O)=O)C(=O)C1CCCN. The molecule has 0 saturated carbocycles. The summed E-state index contributed by atoms with van der Waals surface area (Å²) >= 11 is 0. The molecule has 0 aromatic rings. The van der Waals surface area contributed by atoms with Crippen molar-refractivity contribution in [1.82, 2.24) is 5.01 Å². The Morgan fingerprint density at radius 1 is 1.47 bits per heavy atom. The Kier molecular flexibility index (Phi) is 4.64. The third kappa shape index (κ3) is 4.08. The van der Waals surface area contributed by atoms with Gasteiger partial charge in [0, 0.05) is 12.0 Å². The highest BCUT2D eigenvalue weighted by molar-refractivity contribution is 7.90. The molecular formula is C10H19N3O3S. The van der Waals surface area contributed by atoms with E-state index < -0.39 is 9.84 Å². The van der Waals surface area contributed by atoms with Crippen LogP contribution in [0, 0.1) is 5.92 Å². The maximum atomic E-state index is 11.9. The molecule has 0 aliphatic carbocycles. The van der Waals surface area contributed by atoms with Gasteiger partial charge in [-0.05, 0) is 26.3 Å². The topological polar surface area (TPSA) is 92.8 Å². The molecule has 1 heterocycles. The van der Waals surface area contributed by atoms with Gasteiger partial charge in [-0.3, -0.25) is 4.79 Å². The van der Waals surface area contributed by atoms with E-state index in [0.717, 1.165) is 18.4 Å². The number of amides is 1. The first-order valence-electron chi connectivity index (χ1n) is 5.59. The molecule has 0 radical (unpaired) electrons. The lowest BCUT2D eigenvalue weighted by Crippen LogP contribution is -2.31. The second kappa shape index (κ2) is 5.59. The van der Waals surface area contributed by atoms with Crippen molar-refractivity contribution in [2.24, 2.45) is 16.8 Å². The minimum atomic E-state index is -3.07. The summed E-state index contributed by atoms with van der Waals surface area (Å²) in [5.41, 5.74) is 6.15. The zero-order valence-corrected chi connectivity index (χ0v) is 11.0. The molecule has 98 valence electrons. The fourth-order valence-corrected chi connectivity index (χ4v) is 2.24. The van der Waals surface area contributed by atoms with Crippen LogP contribution in [0.4, 0.5) is 0 Å². The molecule has 0 bridgehead atoms. The molecule has 17 heavy (non-hydrogen) atoms. The molecular weight excluding hydrogens is 242 g/mol. The summed E-state index contributed by atoms with van der Waals surface area (Å²) in [6.45, 7) is 2.47. The average Bonchev–Trinajstić information content (AvgIpc) is 2.48. The van der Waals surface area contributed by atoms with Crippen molar-refractivity contribution in [3.8, 4) is 0 Å². The molecule has 1 amide bonds. The van der Waals surface area contributed by atoms with E-state index in [2.05, 4.69) is 5.10 Å². The molecule has 1 rings (SSSR count). The summed E-state index contributed by atoms with van der Waals surface area (Å²) < 4.78 is 22.1. The highest BCUT2D eigenvalue weighted by atomic mass is 32.2. The number of carbonyl (C=O) groups excluding carboxylic acids is 1. The Bertz CT molecular complexity index is 417. The Labute approximate surface area is 102 Å². The number of sulfone groups is 1. The molecule has 0 fully saturated rings. The second-order valence-electron chi connectivity index (χ2n) is 4.32. The molecule has 1 aliphatic rings. The first-order valence-corrected chi connectivity index (χ1v) is 7.65. The van der Waals surface area contributed by atoms with Crippen LogP contribution in [0.15, 0.2) is 5.10 Å². The van der Waals surface area contributed by atoms with Crippen LogP contribution in [0.1, 0.15) is 19.8 Å². The van der Waals surface area contributed by atoms with Gasteiger partial charge in [-0.1, -0.05) is 0 Å². The fourth-order valence-electron chi connectivity index (χ4n) is 1.73. The van der Waals surface area contributed by atoms with Crippen molar-refractivity contribution in [3.63, 3.8) is 0 Å². The maximum absolute atomic E-state index is 11.9. The van der Waals surface area contributed by atoms with Gasteiger partial charge < -0.3 is 5.73 Å². The van der Waals surface area contributed by atoms with Crippen LogP contribution >= 0.6 is 0 Å². The third-order valence-corrected chi connectivity index (χ3v) is 3.63. The molecule has 1 aliphatic heterocycles. The lowest BCUT2D eigenvalue weighted by Gasteiger charge is -2.13. The largest absolute Gasteiger partial charge is 0.330 e. The Balaban J connectivity index is 2.58. The first-order chi connectivity index (χ1) is 7.85. The van der Waals surface area contributed by atoms with E-state index in [0.29, 0.717) is 13.0 Å². The van der Waals surface area contributed by atoms with E-state index in [1.807, 2.05) is 0 Å². The van der Waals surface area contributed by atoms with Crippen LogP contribution in [0.2, 0.25) is 0 Å². The van der Waals surface area contributed by atoms with Crippen molar-refractivity contribution >= 4 is 21.5 Å². The second-order valence-corrected chi connectivity index (χ2v) is 6.58. The number of carbonyl (C=O) groups is 1. The zero-order valence-electron chi connectivity index (χ0n) is 10.2. The van der Waals surface area contributed by atoms with Crippen LogP contribution in [0.3, 0.4) is 0 Å². The van der Waals surface area contributed by atoms with Crippen molar-refractivity contribution in [1.29, 1.82) is 0 Å². The van der Waals surface area contributed by atoms with Gasteiger partial charge in [-0.2, -0.15) is 5.10 Å². The number of hydrogen-bond donors (Lipinski definition) is 1. The van der Waals surface area contributed by atoms with Gasteiger partial charge in [-0.15, -0.1) is 0 Å². The zero-order chi connectivity index (χ0) is 13.1. The molecule has 0 spiro atoms.